The molecule has 3 saturated heterocycles. The van der Waals surface area contributed by atoms with Crippen molar-refractivity contribution in [3.8, 4) is 6.07 Å². The molecule has 3 aliphatic rings. The van der Waals surface area contributed by atoms with E-state index in [1.807, 2.05) is 4.90 Å². The molecule has 1 unspecified atom stereocenters. The maximum Gasteiger partial charge on any atom is 0.490 e. The first-order chi connectivity index (χ1) is 17.5. The molecule has 204 valence electrons. The number of benzene rings is 1. The Kier molecular flexibility index (Phi) is 9.87. The standard InChI is InChI=1S/C23H31FN4O2.C2HF3O2/c24-21-4-3-19(20(15-21)16-25)17-28-9-2-6-23(28)5-1-8-27(10-7-23)22(29)18-26-11-13-30-14-12-26;3-2(4,5)1(6)7/h3-4,15H,1-2,5-14,17-18H2;(H,6,7). The lowest BCUT2D eigenvalue weighted by Crippen LogP contribution is -2.46. The largest absolute Gasteiger partial charge is 0.490 e. The van der Waals surface area contributed by atoms with Crippen LogP contribution in [0.2, 0.25) is 0 Å². The Bertz CT molecular complexity index is 994. The van der Waals surface area contributed by atoms with E-state index in [4.69, 9.17) is 14.6 Å². The zero-order valence-electron chi connectivity index (χ0n) is 20.6. The number of halogens is 4. The molecule has 1 amide bonds. The quantitative estimate of drug-likeness (QED) is 0.600. The minimum absolute atomic E-state index is 0.0785. The normalized spacial score (nSPS) is 23.2. The number of morpholine rings is 1. The molecule has 8 nitrogen and oxygen atoms in total. The monoisotopic (exact) mass is 528 g/mol. The topological polar surface area (TPSA) is 97.1 Å². The molecule has 0 aromatic heterocycles. The van der Waals surface area contributed by atoms with Crippen LogP contribution in [-0.2, 0) is 20.9 Å². The van der Waals surface area contributed by atoms with E-state index in [-0.39, 0.29) is 17.3 Å². The van der Waals surface area contributed by atoms with E-state index in [0.717, 1.165) is 70.4 Å². The van der Waals surface area contributed by atoms with Crippen LogP contribution in [0.4, 0.5) is 17.6 Å². The lowest BCUT2D eigenvalue weighted by Gasteiger charge is -2.38. The molecular formula is C25H32F4N4O4. The van der Waals surface area contributed by atoms with Gasteiger partial charge in [-0.25, -0.2) is 9.18 Å². The predicted octanol–water partition coefficient (Wildman–Crippen LogP) is 3.01. The second-order valence-electron chi connectivity index (χ2n) is 9.59. The molecule has 0 radical (unpaired) electrons. The fraction of sp³-hybridized carbons (Fsp3) is 0.640. The molecule has 3 heterocycles. The van der Waals surface area contributed by atoms with Gasteiger partial charge in [0.1, 0.15) is 5.82 Å². The van der Waals surface area contributed by atoms with Crippen molar-refractivity contribution < 1.29 is 37.0 Å². The van der Waals surface area contributed by atoms with Crippen LogP contribution in [0, 0.1) is 17.1 Å². The van der Waals surface area contributed by atoms with Gasteiger partial charge >= 0.3 is 12.1 Å². The number of carboxylic acids is 1. The Morgan fingerprint density at radius 3 is 2.32 bits per heavy atom. The molecule has 1 aromatic carbocycles. The van der Waals surface area contributed by atoms with Crippen molar-refractivity contribution in [1.82, 2.24) is 14.7 Å². The molecule has 4 rings (SSSR count). The van der Waals surface area contributed by atoms with Crippen molar-refractivity contribution in [1.29, 1.82) is 5.26 Å². The summed E-state index contributed by atoms with van der Waals surface area (Å²) >= 11 is 0. The third kappa shape index (κ3) is 7.87. The Labute approximate surface area is 213 Å². The van der Waals surface area contributed by atoms with Crippen LogP contribution >= 0.6 is 0 Å². The average Bonchev–Trinajstić information content (AvgIpc) is 3.10. The van der Waals surface area contributed by atoms with Crippen LogP contribution < -0.4 is 0 Å². The van der Waals surface area contributed by atoms with E-state index in [2.05, 4.69) is 15.9 Å². The van der Waals surface area contributed by atoms with Gasteiger partial charge in [0, 0.05) is 38.3 Å². The smallest absolute Gasteiger partial charge is 0.475 e. The summed E-state index contributed by atoms with van der Waals surface area (Å²) in [6.45, 7) is 6.83. The third-order valence-electron chi connectivity index (χ3n) is 7.27. The van der Waals surface area contributed by atoms with Crippen LogP contribution in [0.1, 0.15) is 43.2 Å². The van der Waals surface area contributed by atoms with Crippen LogP contribution in [-0.4, -0.2) is 95.9 Å². The lowest BCUT2D eigenvalue weighted by molar-refractivity contribution is -0.192. The lowest BCUT2D eigenvalue weighted by atomic mass is 9.87. The zero-order valence-corrected chi connectivity index (χ0v) is 20.6. The Hall–Kier alpha value is -2.75. The van der Waals surface area contributed by atoms with Crippen molar-refractivity contribution in [2.24, 2.45) is 0 Å². The van der Waals surface area contributed by atoms with E-state index in [1.54, 1.807) is 6.07 Å². The molecular weight excluding hydrogens is 496 g/mol. The highest BCUT2D eigenvalue weighted by molar-refractivity contribution is 5.78. The predicted molar refractivity (Wildman–Crippen MR) is 125 cm³/mol. The summed E-state index contributed by atoms with van der Waals surface area (Å²) in [6, 6.07) is 6.66. The molecule has 1 spiro atoms. The summed E-state index contributed by atoms with van der Waals surface area (Å²) in [7, 11) is 0. The van der Waals surface area contributed by atoms with Gasteiger partial charge in [-0.1, -0.05) is 6.07 Å². The van der Waals surface area contributed by atoms with E-state index in [1.165, 1.54) is 12.1 Å². The molecule has 37 heavy (non-hydrogen) atoms. The first-order valence-electron chi connectivity index (χ1n) is 12.4. The number of carboxylic acid groups (broad SMARTS) is 1. The maximum absolute atomic E-state index is 13.5. The number of ether oxygens (including phenoxy) is 1. The summed E-state index contributed by atoms with van der Waals surface area (Å²) < 4.78 is 50.6. The molecule has 1 atom stereocenters. The van der Waals surface area contributed by atoms with Gasteiger partial charge in [0.2, 0.25) is 5.91 Å². The molecule has 1 aromatic rings. The fourth-order valence-electron chi connectivity index (χ4n) is 5.28. The van der Waals surface area contributed by atoms with Crippen LogP contribution in [0.15, 0.2) is 18.2 Å². The second-order valence-corrected chi connectivity index (χ2v) is 9.59. The van der Waals surface area contributed by atoms with Gasteiger partial charge in [-0.05, 0) is 56.3 Å². The Balaban J connectivity index is 0.000000479. The molecule has 0 aliphatic carbocycles. The Morgan fingerprint density at radius 2 is 1.70 bits per heavy atom. The Morgan fingerprint density at radius 1 is 1.05 bits per heavy atom. The van der Waals surface area contributed by atoms with Gasteiger partial charge in [0.05, 0.1) is 31.4 Å². The van der Waals surface area contributed by atoms with Gasteiger partial charge < -0.3 is 14.7 Å². The van der Waals surface area contributed by atoms with Crippen molar-refractivity contribution >= 4 is 11.9 Å². The average molecular weight is 529 g/mol. The number of alkyl halides is 3. The number of nitriles is 1. The first kappa shape index (κ1) is 28.8. The SMILES string of the molecule is N#Cc1cc(F)ccc1CN1CCCC12CCCN(C(=O)CN1CCOCC1)CC2.O=C(O)C(F)(F)F. The number of aliphatic carboxylic acids is 1. The molecule has 12 heteroatoms. The highest BCUT2D eigenvalue weighted by Gasteiger charge is 2.42. The number of carbonyl (C=O) groups excluding carboxylic acids is 1. The number of hydrogen-bond acceptors (Lipinski definition) is 6. The highest BCUT2D eigenvalue weighted by Crippen LogP contribution is 2.39. The number of nitrogens with zero attached hydrogens (tertiary/aromatic N) is 4. The second kappa shape index (κ2) is 12.7. The zero-order chi connectivity index (χ0) is 27.1. The minimum Gasteiger partial charge on any atom is -0.475 e. The van der Waals surface area contributed by atoms with E-state index in [9.17, 15) is 27.6 Å². The number of rotatable bonds is 4. The van der Waals surface area contributed by atoms with Gasteiger partial charge in [-0.3, -0.25) is 14.6 Å². The minimum atomic E-state index is -5.08. The summed E-state index contributed by atoms with van der Waals surface area (Å²) in [5.74, 6) is -2.90. The molecule has 0 saturated carbocycles. The third-order valence-corrected chi connectivity index (χ3v) is 7.27. The van der Waals surface area contributed by atoms with E-state index < -0.39 is 12.1 Å². The number of hydrogen-bond donors (Lipinski definition) is 1. The van der Waals surface area contributed by atoms with Crippen molar-refractivity contribution in [3.63, 3.8) is 0 Å². The molecule has 1 N–H and O–H groups in total. The van der Waals surface area contributed by atoms with Crippen LogP contribution in [0.25, 0.3) is 0 Å². The summed E-state index contributed by atoms with van der Waals surface area (Å²) in [6.07, 6.45) is 0.203. The van der Waals surface area contributed by atoms with Gasteiger partial charge in [0.25, 0.3) is 0 Å². The van der Waals surface area contributed by atoms with E-state index >= 15 is 0 Å². The number of likely N-dealkylation sites (tertiary alicyclic amines) is 2. The van der Waals surface area contributed by atoms with Crippen LogP contribution in [0.3, 0.4) is 0 Å². The van der Waals surface area contributed by atoms with Gasteiger partial charge in [0.15, 0.2) is 0 Å². The number of carbonyl (C=O) groups is 2. The summed E-state index contributed by atoms with van der Waals surface area (Å²) in [5.41, 5.74) is 1.40. The molecule has 3 fully saturated rings. The fourth-order valence-corrected chi connectivity index (χ4v) is 5.28. The van der Waals surface area contributed by atoms with Gasteiger partial charge in [-0.15, -0.1) is 0 Å². The van der Waals surface area contributed by atoms with Crippen molar-refractivity contribution in [3.05, 3.63) is 35.1 Å². The van der Waals surface area contributed by atoms with Crippen LogP contribution in [0.5, 0.6) is 0 Å². The highest BCUT2D eigenvalue weighted by atomic mass is 19.4. The molecule has 3 aliphatic heterocycles. The van der Waals surface area contributed by atoms with Crippen molar-refractivity contribution in [2.45, 2.75) is 50.4 Å². The van der Waals surface area contributed by atoms with Crippen molar-refractivity contribution in [2.75, 3.05) is 52.5 Å². The summed E-state index contributed by atoms with van der Waals surface area (Å²) in [5, 5.41) is 16.5. The number of amides is 1. The van der Waals surface area contributed by atoms with Gasteiger partial charge in [-0.2, -0.15) is 18.4 Å². The summed E-state index contributed by atoms with van der Waals surface area (Å²) in [4.78, 5) is 28.5. The first-order valence-corrected chi connectivity index (χ1v) is 12.4. The van der Waals surface area contributed by atoms with E-state index in [0.29, 0.717) is 31.9 Å². The maximum atomic E-state index is 13.5. The molecule has 0 bridgehead atoms.